The number of amides is 2. The third-order valence-electron chi connectivity index (χ3n) is 5.45. The molecule has 0 aromatic heterocycles. The van der Waals surface area contributed by atoms with Crippen molar-refractivity contribution in [2.75, 3.05) is 17.3 Å². The van der Waals surface area contributed by atoms with Crippen molar-refractivity contribution in [1.82, 2.24) is 0 Å². The van der Waals surface area contributed by atoms with E-state index < -0.39 is 17.7 Å². The third kappa shape index (κ3) is 4.25. The summed E-state index contributed by atoms with van der Waals surface area (Å²) in [5.41, 5.74) is 1.87. The number of rotatable bonds is 5. The fourth-order valence-corrected chi connectivity index (χ4v) is 4.19. The molecule has 0 bridgehead atoms. The molecular formula is C26H21ClN2O5. The number of ether oxygens (including phenoxy) is 1. The van der Waals surface area contributed by atoms with Gasteiger partial charge in [-0.05, 0) is 48.0 Å². The summed E-state index contributed by atoms with van der Waals surface area (Å²) < 4.78 is 5.16. The summed E-state index contributed by atoms with van der Waals surface area (Å²) in [6.07, 6.45) is 0. The van der Waals surface area contributed by atoms with Gasteiger partial charge in [-0.25, -0.2) is 0 Å². The van der Waals surface area contributed by atoms with Crippen LogP contribution in [-0.2, 0) is 14.4 Å². The quantitative estimate of drug-likeness (QED) is 0.309. The average molecular weight is 477 g/mol. The van der Waals surface area contributed by atoms with Crippen LogP contribution < -0.4 is 15.0 Å². The Balaban J connectivity index is 1.86. The largest absolute Gasteiger partial charge is 0.507 e. The summed E-state index contributed by atoms with van der Waals surface area (Å²) in [6.45, 7) is 1.40. The van der Waals surface area contributed by atoms with Crippen LogP contribution in [0.2, 0.25) is 5.02 Å². The van der Waals surface area contributed by atoms with Gasteiger partial charge in [-0.3, -0.25) is 19.3 Å². The Kier molecular flexibility index (Phi) is 6.38. The van der Waals surface area contributed by atoms with Gasteiger partial charge in [-0.1, -0.05) is 41.9 Å². The number of methoxy groups -OCH3 is 1. The highest BCUT2D eigenvalue weighted by molar-refractivity contribution is 6.51. The molecule has 4 rings (SSSR count). The standard InChI is InChI=1S/C26H21ClN2O5/c1-15(30)28-18-9-11-19(12-10-18)29-23(16-6-4-3-5-7-16)22(25(32)26(29)33)24(31)17-8-13-21(34-2)20(27)14-17/h3-14,23,31H,1-2H3,(H,28,30)/b24-22-. The van der Waals surface area contributed by atoms with E-state index in [0.717, 1.165) is 0 Å². The number of ketones is 1. The summed E-state index contributed by atoms with van der Waals surface area (Å²) in [6, 6.07) is 19.3. The molecule has 3 aromatic carbocycles. The van der Waals surface area contributed by atoms with Gasteiger partial charge in [0.2, 0.25) is 5.91 Å². The number of halogens is 1. The Bertz CT molecular complexity index is 1300. The second-order valence-electron chi connectivity index (χ2n) is 7.66. The zero-order chi connectivity index (χ0) is 24.4. The second kappa shape index (κ2) is 9.41. The van der Waals surface area contributed by atoms with E-state index in [1.807, 2.05) is 6.07 Å². The number of nitrogens with zero attached hydrogens (tertiary/aromatic N) is 1. The molecule has 34 heavy (non-hydrogen) atoms. The van der Waals surface area contributed by atoms with Gasteiger partial charge in [0, 0.05) is 23.9 Å². The molecule has 1 aliphatic rings. The van der Waals surface area contributed by atoms with Crippen LogP contribution in [0.15, 0.2) is 78.4 Å². The van der Waals surface area contributed by atoms with Crippen molar-refractivity contribution in [3.8, 4) is 5.75 Å². The molecule has 2 N–H and O–H groups in total. The van der Waals surface area contributed by atoms with Crippen LogP contribution >= 0.6 is 11.6 Å². The highest BCUT2D eigenvalue weighted by atomic mass is 35.5. The summed E-state index contributed by atoms with van der Waals surface area (Å²) in [5, 5.41) is 14.1. The minimum atomic E-state index is -0.867. The average Bonchev–Trinajstić information content (AvgIpc) is 3.09. The van der Waals surface area contributed by atoms with Gasteiger partial charge in [0.15, 0.2) is 0 Å². The topological polar surface area (TPSA) is 95.9 Å². The number of carbonyl (C=O) groups is 3. The second-order valence-corrected chi connectivity index (χ2v) is 8.06. The van der Waals surface area contributed by atoms with E-state index in [9.17, 15) is 19.5 Å². The first kappa shape index (κ1) is 23.1. The predicted octanol–water partition coefficient (Wildman–Crippen LogP) is 4.93. The molecule has 1 unspecified atom stereocenters. The molecule has 1 heterocycles. The molecule has 3 aromatic rings. The molecule has 1 aliphatic heterocycles. The number of hydrogen-bond acceptors (Lipinski definition) is 5. The number of hydrogen-bond donors (Lipinski definition) is 2. The van der Waals surface area contributed by atoms with E-state index in [4.69, 9.17) is 16.3 Å². The molecule has 2 amide bonds. The van der Waals surface area contributed by atoms with Crippen LogP contribution in [0.5, 0.6) is 5.75 Å². The lowest BCUT2D eigenvalue weighted by atomic mass is 9.95. The fraction of sp³-hybridized carbons (Fsp3) is 0.115. The van der Waals surface area contributed by atoms with E-state index in [1.54, 1.807) is 60.7 Å². The maximum Gasteiger partial charge on any atom is 0.300 e. The molecule has 0 radical (unpaired) electrons. The smallest absolute Gasteiger partial charge is 0.300 e. The van der Waals surface area contributed by atoms with Gasteiger partial charge in [0.25, 0.3) is 11.7 Å². The lowest BCUT2D eigenvalue weighted by molar-refractivity contribution is -0.132. The summed E-state index contributed by atoms with van der Waals surface area (Å²) >= 11 is 6.22. The first-order valence-electron chi connectivity index (χ1n) is 10.4. The molecule has 0 spiro atoms. The Morgan fingerprint density at radius 2 is 1.71 bits per heavy atom. The molecular weight excluding hydrogens is 456 g/mol. The Morgan fingerprint density at radius 1 is 1.03 bits per heavy atom. The maximum atomic E-state index is 13.2. The van der Waals surface area contributed by atoms with E-state index >= 15 is 0 Å². The molecule has 8 heteroatoms. The highest BCUT2D eigenvalue weighted by Gasteiger charge is 2.46. The minimum absolute atomic E-state index is 0.0524. The number of anilines is 2. The Morgan fingerprint density at radius 3 is 2.29 bits per heavy atom. The third-order valence-corrected chi connectivity index (χ3v) is 5.75. The SMILES string of the molecule is COc1ccc(/C(O)=C2/C(=O)C(=O)N(c3ccc(NC(C)=O)cc3)C2c2ccccc2)cc1Cl. The number of Topliss-reactive ketones (excluding diaryl/α,β-unsaturated/α-hetero) is 1. The minimum Gasteiger partial charge on any atom is -0.507 e. The van der Waals surface area contributed by atoms with Crippen molar-refractivity contribution in [2.24, 2.45) is 0 Å². The van der Waals surface area contributed by atoms with Crippen molar-refractivity contribution in [3.63, 3.8) is 0 Å². The molecule has 0 aliphatic carbocycles. The van der Waals surface area contributed by atoms with E-state index in [1.165, 1.54) is 25.0 Å². The van der Waals surface area contributed by atoms with Crippen molar-refractivity contribution in [2.45, 2.75) is 13.0 Å². The van der Waals surface area contributed by atoms with Crippen LogP contribution in [0.4, 0.5) is 11.4 Å². The van der Waals surface area contributed by atoms with Crippen LogP contribution in [0.3, 0.4) is 0 Å². The van der Waals surface area contributed by atoms with Gasteiger partial charge in [-0.2, -0.15) is 0 Å². The molecule has 172 valence electrons. The monoisotopic (exact) mass is 476 g/mol. The van der Waals surface area contributed by atoms with Crippen LogP contribution in [0, 0.1) is 0 Å². The van der Waals surface area contributed by atoms with Crippen molar-refractivity contribution < 1.29 is 24.2 Å². The summed E-state index contributed by atoms with van der Waals surface area (Å²) in [5.74, 6) is -1.74. The molecule has 0 saturated carbocycles. The van der Waals surface area contributed by atoms with Crippen LogP contribution in [0.1, 0.15) is 24.1 Å². The Hall–Kier alpha value is -4.10. The van der Waals surface area contributed by atoms with Crippen molar-refractivity contribution in [3.05, 3.63) is 94.5 Å². The van der Waals surface area contributed by atoms with Crippen LogP contribution in [-0.4, -0.2) is 29.8 Å². The van der Waals surface area contributed by atoms with Crippen molar-refractivity contribution >= 4 is 46.3 Å². The normalized spacial score (nSPS) is 17.0. The van der Waals surface area contributed by atoms with E-state index in [-0.39, 0.29) is 27.8 Å². The first-order valence-corrected chi connectivity index (χ1v) is 10.8. The number of aliphatic hydroxyl groups is 1. The summed E-state index contributed by atoms with van der Waals surface area (Å²) in [7, 11) is 1.47. The fourth-order valence-electron chi connectivity index (χ4n) is 3.93. The lowest BCUT2D eigenvalue weighted by Gasteiger charge is -2.25. The number of nitrogens with one attached hydrogen (secondary N) is 1. The first-order chi connectivity index (χ1) is 16.3. The lowest BCUT2D eigenvalue weighted by Crippen LogP contribution is -2.29. The molecule has 1 fully saturated rings. The van der Waals surface area contributed by atoms with Crippen molar-refractivity contribution in [1.29, 1.82) is 0 Å². The number of benzene rings is 3. The van der Waals surface area contributed by atoms with E-state index in [0.29, 0.717) is 22.7 Å². The predicted molar refractivity (Wildman–Crippen MR) is 130 cm³/mol. The number of aliphatic hydroxyl groups excluding tert-OH is 1. The Labute approximate surface area is 201 Å². The van der Waals surface area contributed by atoms with Gasteiger partial charge in [0.05, 0.1) is 23.7 Å². The molecule has 7 nitrogen and oxygen atoms in total. The van der Waals surface area contributed by atoms with Gasteiger partial charge >= 0.3 is 0 Å². The highest BCUT2D eigenvalue weighted by Crippen LogP contribution is 2.42. The van der Waals surface area contributed by atoms with Gasteiger partial charge in [-0.15, -0.1) is 0 Å². The van der Waals surface area contributed by atoms with Gasteiger partial charge in [0.1, 0.15) is 11.5 Å². The zero-order valence-electron chi connectivity index (χ0n) is 18.4. The summed E-state index contributed by atoms with van der Waals surface area (Å²) in [4.78, 5) is 39.0. The molecule has 1 atom stereocenters. The zero-order valence-corrected chi connectivity index (χ0v) is 19.2. The van der Waals surface area contributed by atoms with E-state index in [2.05, 4.69) is 5.32 Å². The van der Waals surface area contributed by atoms with Gasteiger partial charge < -0.3 is 15.2 Å². The maximum absolute atomic E-state index is 13.2. The molecule has 1 saturated heterocycles. The number of carbonyl (C=O) groups excluding carboxylic acids is 3. The van der Waals surface area contributed by atoms with Crippen LogP contribution in [0.25, 0.3) is 5.76 Å².